The summed E-state index contributed by atoms with van der Waals surface area (Å²) in [6.07, 6.45) is 3.79. The minimum absolute atomic E-state index is 0.167. The molecule has 3 rings (SSSR count). The fourth-order valence-electron chi connectivity index (χ4n) is 2.76. The van der Waals surface area contributed by atoms with E-state index in [0.717, 1.165) is 37.4 Å². The molecule has 6 nitrogen and oxygen atoms in total. The van der Waals surface area contributed by atoms with Gasteiger partial charge in [0.1, 0.15) is 6.33 Å². The van der Waals surface area contributed by atoms with Crippen LogP contribution in [0.5, 0.6) is 0 Å². The van der Waals surface area contributed by atoms with Gasteiger partial charge in [0.05, 0.1) is 6.61 Å². The van der Waals surface area contributed by atoms with Crippen LogP contribution in [0.2, 0.25) is 0 Å². The van der Waals surface area contributed by atoms with Gasteiger partial charge in [0, 0.05) is 31.2 Å². The molecule has 1 saturated heterocycles. The van der Waals surface area contributed by atoms with Gasteiger partial charge in [-0.3, -0.25) is 0 Å². The molecule has 0 aliphatic carbocycles. The van der Waals surface area contributed by atoms with Crippen molar-refractivity contribution < 1.29 is 5.11 Å². The summed E-state index contributed by atoms with van der Waals surface area (Å²) in [7, 11) is 0. The van der Waals surface area contributed by atoms with Gasteiger partial charge in [0.25, 0.3) is 0 Å². The first-order valence-corrected chi connectivity index (χ1v) is 7.70. The lowest BCUT2D eigenvalue weighted by Gasteiger charge is -2.33. The lowest BCUT2D eigenvalue weighted by molar-refractivity contribution is 0.278. The Hall–Kier alpha value is -2.05. The number of piperidine rings is 1. The first-order chi connectivity index (χ1) is 10.9. The van der Waals surface area contributed by atoms with Crippen molar-refractivity contribution in [2.75, 3.05) is 31.1 Å². The summed E-state index contributed by atoms with van der Waals surface area (Å²) in [5.74, 6) is 1.43. The van der Waals surface area contributed by atoms with Crippen LogP contribution >= 0.6 is 0 Å². The maximum absolute atomic E-state index is 8.93. The Labute approximate surface area is 130 Å². The third-order valence-corrected chi connectivity index (χ3v) is 3.84. The number of nitrogens with zero attached hydrogens (tertiary/aromatic N) is 4. The normalized spacial score (nSPS) is 18.4. The van der Waals surface area contributed by atoms with E-state index in [1.165, 1.54) is 0 Å². The molecule has 0 amide bonds. The maximum atomic E-state index is 8.93. The van der Waals surface area contributed by atoms with Crippen molar-refractivity contribution >= 4 is 5.95 Å². The number of anilines is 1. The minimum Gasteiger partial charge on any atom is -0.395 e. The Kier molecular flexibility index (Phi) is 4.92. The molecule has 6 heteroatoms. The standard InChI is InChI=1S/C16H21N5O/c22-10-8-17-14-7-4-9-21(11-14)16-19-12-18-15(20-16)13-5-2-1-3-6-13/h1-3,5-6,12,14,17,22H,4,7-11H2. The second kappa shape index (κ2) is 7.29. The summed E-state index contributed by atoms with van der Waals surface area (Å²) in [6.45, 7) is 2.61. The average molecular weight is 299 g/mol. The second-order valence-electron chi connectivity index (χ2n) is 5.44. The van der Waals surface area contributed by atoms with E-state index < -0.39 is 0 Å². The van der Waals surface area contributed by atoms with Crippen molar-refractivity contribution in [1.82, 2.24) is 20.3 Å². The zero-order chi connectivity index (χ0) is 15.2. The molecule has 2 N–H and O–H groups in total. The monoisotopic (exact) mass is 299 g/mol. The molecular formula is C16H21N5O. The molecule has 1 unspecified atom stereocenters. The zero-order valence-corrected chi connectivity index (χ0v) is 12.5. The Morgan fingerprint density at radius 2 is 2.09 bits per heavy atom. The van der Waals surface area contributed by atoms with Crippen LogP contribution in [0.1, 0.15) is 12.8 Å². The molecule has 0 bridgehead atoms. The van der Waals surface area contributed by atoms with Crippen LogP contribution in [0.15, 0.2) is 36.7 Å². The van der Waals surface area contributed by atoms with Gasteiger partial charge in [0.2, 0.25) is 5.95 Å². The van der Waals surface area contributed by atoms with Crippen molar-refractivity contribution in [3.63, 3.8) is 0 Å². The van der Waals surface area contributed by atoms with Crippen LogP contribution in [0.3, 0.4) is 0 Å². The number of hydrogen-bond donors (Lipinski definition) is 2. The van der Waals surface area contributed by atoms with Gasteiger partial charge in [0.15, 0.2) is 5.82 Å². The van der Waals surface area contributed by atoms with E-state index in [2.05, 4.69) is 25.2 Å². The summed E-state index contributed by atoms with van der Waals surface area (Å²) >= 11 is 0. The van der Waals surface area contributed by atoms with Crippen LogP contribution < -0.4 is 10.2 Å². The summed E-state index contributed by atoms with van der Waals surface area (Å²) in [5.41, 5.74) is 0.998. The van der Waals surface area contributed by atoms with Crippen molar-refractivity contribution in [2.24, 2.45) is 0 Å². The van der Waals surface area contributed by atoms with Gasteiger partial charge in [-0.2, -0.15) is 4.98 Å². The average Bonchev–Trinajstić information content (AvgIpc) is 2.61. The Balaban J connectivity index is 1.74. The number of rotatable bonds is 5. The van der Waals surface area contributed by atoms with Gasteiger partial charge in [-0.1, -0.05) is 30.3 Å². The lowest BCUT2D eigenvalue weighted by Crippen LogP contribution is -2.47. The first-order valence-electron chi connectivity index (χ1n) is 7.70. The molecule has 2 heterocycles. The van der Waals surface area contributed by atoms with Gasteiger partial charge < -0.3 is 15.3 Å². The fourth-order valence-corrected chi connectivity index (χ4v) is 2.76. The van der Waals surface area contributed by atoms with Gasteiger partial charge in [-0.25, -0.2) is 9.97 Å². The highest BCUT2D eigenvalue weighted by molar-refractivity contribution is 5.55. The molecule has 0 spiro atoms. The van der Waals surface area contributed by atoms with E-state index in [9.17, 15) is 0 Å². The third-order valence-electron chi connectivity index (χ3n) is 3.84. The highest BCUT2D eigenvalue weighted by Crippen LogP contribution is 2.19. The van der Waals surface area contributed by atoms with Crippen molar-refractivity contribution in [3.8, 4) is 11.4 Å². The van der Waals surface area contributed by atoms with Crippen LogP contribution in [-0.4, -0.2) is 52.3 Å². The topological polar surface area (TPSA) is 74.2 Å². The number of aliphatic hydroxyl groups is 1. The molecule has 1 aromatic carbocycles. The summed E-state index contributed by atoms with van der Waals surface area (Å²) in [5, 5.41) is 12.3. The van der Waals surface area contributed by atoms with Crippen molar-refractivity contribution in [1.29, 1.82) is 0 Å². The fraction of sp³-hybridized carbons (Fsp3) is 0.438. The van der Waals surface area contributed by atoms with Crippen LogP contribution in [0.25, 0.3) is 11.4 Å². The van der Waals surface area contributed by atoms with Gasteiger partial charge >= 0.3 is 0 Å². The number of aliphatic hydroxyl groups excluding tert-OH is 1. The highest BCUT2D eigenvalue weighted by Gasteiger charge is 2.21. The highest BCUT2D eigenvalue weighted by atomic mass is 16.3. The third kappa shape index (κ3) is 3.58. The van der Waals surface area contributed by atoms with E-state index in [0.29, 0.717) is 18.4 Å². The number of benzene rings is 1. The number of nitrogens with one attached hydrogen (secondary N) is 1. The Morgan fingerprint density at radius 3 is 2.91 bits per heavy atom. The molecule has 1 atom stereocenters. The summed E-state index contributed by atoms with van der Waals surface area (Å²) in [4.78, 5) is 15.4. The molecule has 1 aromatic heterocycles. The molecule has 0 radical (unpaired) electrons. The first kappa shape index (κ1) is 14.9. The summed E-state index contributed by atoms with van der Waals surface area (Å²) in [6, 6.07) is 10.3. The van der Waals surface area contributed by atoms with Crippen LogP contribution in [-0.2, 0) is 0 Å². The van der Waals surface area contributed by atoms with E-state index in [-0.39, 0.29) is 6.61 Å². The van der Waals surface area contributed by atoms with E-state index >= 15 is 0 Å². The predicted molar refractivity (Wildman–Crippen MR) is 85.6 cm³/mol. The Bertz CT molecular complexity index is 592. The van der Waals surface area contributed by atoms with E-state index in [1.807, 2.05) is 30.3 Å². The SMILES string of the molecule is OCCNC1CCCN(c2ncnc(-c3ccccc3)n2)C1. The van der Waals surface area contributed by atoms with E-state index in [4.69, 9.17) is 5.11 Å². The van der Waals surface area contributed by atoms with Gasteiger partial charge in [-0.15, -0.1) is 0 Å². The lowest BCUT2D eigenvalue weighted by atomic mass is 10.1. The predicted octanol–water partition coefficient (Wildman–Crippen LogP) is 1.09. The van der Waals surface area contributed by atoms with Crippen LogP contribution in [0.4, 0.5) is 5.95 Å². The molecule has 2 aromatic rings. The second-order valence-corrected chi connectivity index (χ2v) is 5.44. The minimum atomic E-state index is 0.167. The van der Waals surface area contributed by atoms with Gasteiger partial charge in [-0.05, 0) is 12.8 Å². The smallest absolute Gasteiger partial charge is 0.228 e. The zero-order valence-electron chi connectivity index (χ0n) is 12.5. The quantitative estimate of drug-likeness (QED) is 0.861. The number of aromatic nitrogens is 3. The summed E-state index contributed by atoms with van der Waals surface area (Å²) < 4.78 is 0. The molecular weight excluding hydrogens is 278 g/mol. The molecule has 1 fully saturated rings. The number of hydrogen-bond acceptors (Lipinski definition) is 6. The molecule has 1 aliphatic heterocycles. The van der Waals surface area contributed by atoms with Crippen molar-refractivity contribution in [2.45, 2.75) is 18.9 Å². The molecule has 116 valence electrons. The largest absolute Gasteiger partial charge is 0.395 e. The van der Waals surface area contributed by atoms with E-state index in [1.54, 1.807) is 6.33 Å². The van der Waals surface area contributed by atoms with Crippen LogP contribution in [0, 0.1) is 0 Å². The molecule has 1 aliphatic rings. The molecule has 22 heavy (non-hydrogen) atoms. The van der Waals surface area contributed by atoms with Crippen molar-refractivity contribution in [3.05, 3.63) is 36.7 Å². The Morgan fingerprint density at radius 1 is 1.23 bits per heavy atom. The molecule has 0 saturated carbocycles. The maximum Gasteiger partial charge on any atom is 0.228 e.